The number of carbonyl (C=O) groups is 1. The molecule has 0 unspecified atom stereocenters. The molecule has 3 N–H and O–H groups in total. The Morgan fingerprint density at radius 1 is 1.56 bits per heavy atom. The van der Waals surface area contributed by atoms with Crippen LogP contribution >= 0.6 is 0 Å². The molecular weight excluding hydrogens is 235 g/mol. The van der Waals surface area contributed by atoms with Gasteiger partial charge in [-0.2, -0.15) is 0 Å². The fraction of sp³-hybridized carbons (Fsp3) is 0.462. The predicted molar refractivity (Wildman–Crippen MR) is 66.7 cm³/mol. The Labute approximate surface area is 105 Å². The van der Waals surface area contributed by atoms with Crippen molar-refractivity contribution in [1.29, 1.82) is 0 Å². The smallest absolute Gasteiger partial charge is 0.253 e. The Kier molecular flexibility index (Phi) is 3.93. The molecule has 18 heavy (non-hydrogen) atoms. The molecule has 98 valence electrons. The van der Waals surface area contributed by atoms with Crippen molar-refractivity contribution in [2.75, 3.05) is 11.9 Å². The van der Waals surface area contributed by atoms with Crippen molar-refractivity contribution in [3.8, 4) is 0 Å². The van der Waals surface area contributed by atoms with Gasteiger partial charge in [-0.3, -0.25) is 4.79 Å². The van der Waals surface area contributed by atoms with Crippen LogP contribution < -0.4 is 11.1 Å². The average molecular weight is 252 g/mol. The first-order valence-corrected chi connectivity index (χ1v) is 6.02. The first kappa shape index (κ1) is 13.0. The number of hydrogen-bond donors (Lipinski definition) is 2. The minimum absolute atomic E-state index is 0.0661. The van der Waals surface area contributed by atoms with E-state index in [2.05, 4.69) is 5.32 Å². The van der Waals surface area contributed by atoms with Gasteiger partial charge in [-0.1, -0.05) is 6.07 Å². The molecule has 0 aliphatic carbocycles. The Morgan fingerprint density at radius 2 is 2.33 bits per heavy atom. The number of hydrogen-bond acceptors (Lipinski definition) is 3. The van der Waals surface area contributed by atoms with Crippen LogP contribution in [0.5, 0.6) is 0 Å². The molecule has 1 aliphatic heterocycles. The largest absolute Gasteiger partial charge is 0.364 e. The van der Waals surface area contributed by atoms with Crippen molar-refractivity contribution in [3.63, 3.8) is 0 Å². The van der Waals surface area contributed by atoms with Crippen LogP contribution in [0.15, 0.2) is 18.2 Å². The third-order valence-electron chi connectivity index (χ3n) is 3.05. The Balaban J connectivity index is 1.99. The minimum atomic E-state index is -0.528. The molecule has 0 saturated carbocycles. The maximum atomic E-state index is 13.6. The van der Waals surface area contributed by atoms with Crippen LogP contribution in [-0.2, 0) is 9.53 Å². The van der Waals surface area contributed by atoms with Gasteiger partial charge in [0.05, 0.1) is 11.8 Å². The van der Waals surface area contributed by atoms with Crippen molar-refractivity contribution < 1.29 is 13.9 Å². The first-order valence-electron chi connectivity index (χ1n) is 6.02. The van der Waals surface area contributed by atoms with E-state index in [1.54, 1.807) is 19.1 Å². The zero-order valence-electron chi connectivity index (χ0n) is 10.3. The summed E-state index contributed by atoms with van der Waals surface area (Å²) in [6.45, 7) is 2.20. The Bertz CT molecular complexity index is 451. The Morgan fingerprint density at radius 3 is 2.94 bits per heavy atom. The van der Waals surface area contributed by atoms with E-state index in [0.29, 0.717) is 13.0 Å². The maximum Gasteiger partial charge on any atom is 0.253 e. The van der Waals surface area contributed by atoms with E-state index in [0.717, 1.165) is 12.0 Å². The molecule has 5 heteroatoms. The monoisotopic (exact) mass is 252 g/mol. The fourth-order valence-electron chi connectivity index (χ4n) is 2.01. The van der Waals surface area contributed by atoms with Crippen LogP contribution in [0.25, 0.3) is 0 Å². The number of rotatable bonds is 3. The number of benzene rings is 1. The van der Waals surface area contributed by atoms with Crippen LogP contribution in [0.1, 0.15) is 18.4 Å². The number of carbonyl (C=O) groups excluding carboxylic acids is 1. The lowest BCUT2D eigenvalue weighted by molar-refractivity contribution is -0.126. The SMILES string of the molecule is Cc1ccc(NC(=O)[C@@H]2CC[C@H](CN)O2)c(F)c1. The van der Waals surface area contributed by atoms with Gasteiger partial charge in [0.25, 0.3) is 5.91 Å². The highest BCUT2D eigenvalue weighted by molar-refractivity contribution is 5.94. The summed E-state index contributed by atoms with van der Waals surface area (Å²) in [6.07, 6.45) is 0.800. The van der Waals surface area contributed by atoms with Gasteiger partial charge in [-0.15, -0.1) is 0 Å². The molecule has 1 aromatic rings. The van der Waals surface area contributed by atoms with Gasteiger partial charge >= 0.3 is 0 Å². The highest BCUT2D eigenvalue weighted by Crippen LogP contribution is 2.21. The molecule has 2 atom stereocenters. The molecule has 0 radical (unpaired) electrons. The summed E-state index contributed by atoms with van der Waals surface area (Å²) >= 11 is 0. The summed E-state index contributed by atoms with van der Waals surface area (Å²) in [5.74, 6) is -0.745. The zero-order valence-corrected chi connectivity index (χ0v) is 10.3. The van der Waals surface area contributed by atoms with Gasteiger partial charge in [0.15, 0.2) is 0 Å². The van der Waals surface area contributed by atoms with Gasteiger partial charge < -0.3 is 15.8 Å². The number of amides is 1. The van der Waals surface area contributed by atoms with Crippen LogP contribution in [0.2, 0.25) is 0 Å². The highest BCUT2D eigenvalue weighted by atomic mass is 19.1. The molecular formula is C13H17FN2O2. The summed E-state index contributed by atoms with van der Waals surface area (Å²) in [5, 5.41) is 2.54. The molecule has 0 spiro atoms. The summed E-state index contributed by atoms with van der Waals surface area (Å²) in [4.78, 5) is 11.9. The van der Waals surface area contributed by atoms with E-state index in [1.165, 1.54) is 6.07 Å². The number of aryl methyl sites for hydroxylation is 1. The third-order valence-corrected chi connectivity index (χ3v) is 3.05. The predicted octanol–water partition coefficient (Wildman–Crippen LogP) is 1.58. The summed E-state index contributed by atoms with van der Waals surface area (Å²) in [7, 11) is 0. The normalized spacial score (nSPS) is 23.1. The molecule has 4 nitrogen and oxygen atoms in total. The van der Waals surface area contributed by atoms with Gasteiger partial charge in [-0.25, -0.2) is 4.39 Å². The lowest BCUT2D eigenvalue weighted by Crippen LogP contribution is -2.30. The summed E-state index contributed by atoms with van der Waals surface area (Å²) in [6, 6.07) is 4.68. The lowest BCUT2D eigenvalue weighted by Gasteiger charge is -2.13. The van der Waals surface area contributed by atoms with Crippen molar-refractivity contribution in [2.24, 2.45) is 5.73 Å². The van der Waals surface area contributed by atoms with Crippen molar-refractivity contribution in [1.82, 2.24) is 0 Å². The molecule has 1 heterocycles. The number of anilines is 1. The fourth-order valence-corrected chi connectivity index (χ4v) is 2.01. The van der Waals surface area contributed by atoms with Crippen LogP contribution in [0, 0.1) is 12.7 Å². The minimum Gasteiger partial charge on any atom is -0.364 e. The summed E-state index contributed by atoms with van der Waals surface area (Å²) < 4.78 is 19.0. The number of nitrogens with one attached hydrogen (secondary N) is 1. The number of halogens is 1. The van der Waals surface area contributed by atoms with E-state index < -0.39 is 11.9 Å². The van der Waals surface area contributed by atoms with E-state index in [1.807, 2.05) is 0 Å². The Hall–Kier alpha value is -1.46. The molecule has 1 fully saturated rings. The molecule has 0 aromatic heterocycles. The zero-order chi connectivity index (χ0) is 13.1. The van der Waals surface area contributed by atoms with E-state index >= 15 is 0 Å². The van der Waals surface area contributed by atoms with E-state index in [9.17, 15) is 9.18 Å². The molecule has 1 saturated heterocycles. The van der Waals surface area contributed by atoms with Gasteiger partial charge in [0, 0.05) is 6.54 Å². The average Bonchev–Trinajstić information content (AvgIpc) is 2.81. The second kappa shape index (κ2) is 5.46. The van der Waals surface area contributed by atoms with Gasteiger partial charge in [0.2, 0.25) is 0 Å². The topological polar surface area (TPSA) is 64.4 Å². The van der Waals surface area contributed by atoms with Gasteiger partial charge in [-0.05, 0) is 37.5 Å². The third kappa shape index (κ3) is 2.86. The number of ether oxygens (including phenoxy) is 1. The molecule has 0 bridgehead atoms. The second-order valence-electron chi connectivity index (χ2n) is 4.53. The standard InChI is InChI=1S/C13H17FN2O2/c1-8-2-4-11(10(14)6-8)16-13(17)12-5-3-9(7-15)18-12/h2,4,6,9,12H,3,5,7,15H2,1H3,(H,16,17)/t9-,12+/m1/s1. The molecule has 1 aliphatic rings. The van der Waals surface area contributed by atoms with E-state index in [-0.39, 0.29) is 17.7 Å². The lowest BCUT2D eigenvalue weighted by atomic mass is 10.1. The molecule has 2 rings (SSSR count). The number of nitrogens with two attached hydrogens (primary N) is 1. The van der Waals surface area contributed by atoms with Crippen LogP contribution in [0.4, 0.5) is 10.1 Å². The molecule has 1 amide bonds. The summed E-state index contributed by atoms with van der Waals surface area (Å²) in [5.41, 5.74) is 6.47. The second-order valence-corrected chi connectivity index (χ2v) is 4.53. The maximum absolute atomic E-state index is 13.6. The van der Waals surface area contributed by atoms with Crippen molar-refractivity contribution in [3.05, 3.63) is 29.6 Å². The first-order chi connectivity index (χ1) is 8.60. The van der Waals surface area contributed by atoms with E-state index in [4.69, 9.17) is 10.5 Å². The van der Waals surface area contributed by atoms with Crippen molar-refractivity contribution in [2.45, 2.75) is 32.0 Å². The highest BCUT2D eigenvalue weighted by Gasteiger charge is 2.30. The van der Waals surface area contributed by atoms with Crippen LogP contribution in [-0.4, -0.2) is 24.7 Å². The van der Waals surface area contributed by atoms with Crippen LogP contribution in [0.3, 0.4) is 0 Å². The van der Waals surface area contributed by atoms with Crippen molar-refractivity contribution >= 4 is 11.6 Å². The quantitative estimate of drug-likeness (QED) is 0.858. The molecule has 1 aromatic carbocycles. The van der Waals surface area contributed by atoms with Gasteiger partial charge in [0.1, 0.15) is 11.9 Å².